The standard InChI is InChI=1S/C21H24O4/c1-14-5-9-18(10-6-14)20(22)24-16(3)13-17(4)25-21(23)19-11-7-15(2)8-12-19/h5-12,16-17H,13H2,1-4H3. The predicted octanol–water partition coefficient (Wildman–Crippen LogP) is 4.48. The second-order valence-corrected chi connectivity index (χ2v) is 6.40. The number of hydrogen-bond acceptors (Lipinski definition) is 4. The van der Waals surface area contributed by atoms with Crippen LogP contribution in [-0.2, 0) is 9.47 Å². The highest BCUT2D eigenvalue weighted by Crippen LogP contribution is 2.13. The van der Waals surface area contributed by atoms with Gasteiger partial charge < -0.3 is 9.47 Å². The summed E-state index contributed by atoms with van der Waals surface area (Å²) >= 11 is 0. The van der Waals surface area contributed by atoms with Crippen LogP contribution in [0.4, 0.5) is 0 Å². The number of rotatable bonds is 6. The van der Waals surface area contributed by atoms with E-state index in [4.69, 9.17) is 9.47 Å². The Kier molecular flexibility index (Phi) is 6.34. The molecule has 0 saturated carbocycles. The maximum atomic E-state index is 12.1. The Balaban J connectivity index is 1.83. The van der Waals surface area contributed by atoms with Crippen LogP contribution in [0.15, 0.2) is 48.5 Å². The molecule has 25 heavy (non-hydrogen) atoms. The fraction of sp³-hybridized carbons (Fsp3) is 0.333. The molecule has 0 fully saturated rings. The van der Waals surface area contributed by atoms with E-state index in [1.54, 1.807) is 38.1 Å². The van der Waals surface area contributed by atoms with Gasteiger partial charge in [-0.05, 0) is 52.0 Å². The molecule has 0 N–H and O–H groups in total. The molecule has 4 heteroatoms. The predicted molar refractivity (Wildman–Crippen MR) is 96.7 cm³/mol. The molecule has 0 saturated heterocycles. The monoisotopic (exact) mass is 340 g/mol. The molecule has 2 aromatic rings. The fourth-order valence-electron chi connectivity index (χ4n) is 2.44. The third-order valence-electron chi connectivity index (χ3n) is 3.85. The van der Waals surface area contributed by atoms with Crippen LogP contribution in [0.3, 0.4) is 0 Å². The van der Waals surface area contributed by atoms with Crippen LogP contribution in [0.1, 0.15) is 52.1 Å². The van der Waals surface area contributed by atoms with Gasteiger partial charge in [0.05, 0.1) is 11.1 Å². The van der Waals surface area contributed by atoms with E-state index in [2.05, 4.69) is 0 Å². The number of hydrogen-bond donors (Lipinski definition) is 0. The Labute approximate surface area is 148 Å². The molecule has 0 aromatic heterocycles. The third-order valence-corrected chi connectivity index (χ3v) is 3.85. The van der Waals surface area contributed by atoms with Crippen LogP contribution >= 0.6 is 0 Å². The molecule has 2 aromatic carbocycles. The molecule has 0 aliphatic rings. The molecule has 0 amide bonds. The zero-order valence-electron chi connectivity index (χ0n) is 15.1. The van der Waals surface area contributed by atoms with Crippen LogP contribution in [-0.4, -0.2) is 24.1 Å². The van der Waals surface area contributed by atoms with Crippen LogP contribution in [0.2, 0.25) is 0 Å². The van der Waals surface area contributed by atoms with E-state index in [0.29, 0.717) is 17.5 Å². The zero-order valence-corrected chi connectivity index (χ0v) is 15.1. The third kappa shape index (κ3) is 5.75. The average Bonchev–Trinajstić information content (AvgIpc) is 2.55. The van der Waals surface area contributed by atoms with Gasteiger partial charge in [0.25, 0.3) is 0 Å². The summed E-state index contributed by atoms with van der Waals surface area (Å²) in [5.41, 5.74) is 3.20. The second kappa shape index (κ2) is 8.47. The molecular formula is C21H24O4. The first-order valence-corrected chi connectivity index (χ1v) is 8.40. The first-order valence-electron chi connectivity index (χ1n) is 8.40. The minimum absolute atomic E-state index is 0.352. The van der Waals surface area contributed by atoms with Gasteiger partial charge in [0, 0.05) is 6.42 Å². The number of ether oxygens (including phenoxy) is 2. The quantitative estimate of drug-likeness (QED) is 0.727. The van der Waals surface area contributed by atoms with E-state index in [-0.39, 0.29) is 24.1 Å². The summed E-state index contributed by atoms with van der Waals surface area (Å²) in [6.07, 6.45) is -0.265. The summed E-state index contributed by atoms with van der Waals surface area (Å²) in [6, 6.07) is 14.4. The Bertz CT molecular complexity index is 653. The average molecular weight is 340 g/mol. The summed E-state index contributed by atoms with van der Waals surface area (Å²) in [5, 5.41) is 0. The van der Waals surface area contributed by atoms with Gasteiger partial charge in [-0.25, -0.2) is 9.59 Å². The lowest BCUT2D eigenvalue weighted by atomic mass is 10.1. The van der Waals surface area contributed by atoms with Crippen molar-refractivity contribution in [2.45, 2.75) is 46.3 Å². The lowest BCUT2D eigenvalue weighted by molar-refractivity contribution is 0.00764. The molecule has 0 bridgehead atoms. The normalized spacial score (nSPS) is 13.0. The first kappa shape index (κ1) is 18.7. The Morgan fingerprint density at radius 2 is 1.04 bits per heavy atom. The molecule has 0 heterocycles. The highest BCUT2D eigenvalue weighted by Gasteiger charge is 2.18. The fourth-order valence-corrected chi connectivity index (χ4v) is 2.44. The number of carbonyl (C=O) groups is 2. The molecule has 0 aliphatic carbocycles. The second-order valence-electron chi connectivity index (χ2n) is 6.40. The first-order chi connectivity index (χ1) is 11.8. The maximum Gasteiger partial charge on any atom is 0.338 e. The number of carbonyl (C=O) groups excluding carboxylic acids is 2. The topological polar surface area (TPSA) is 52.6 Å². The van der Waals surface area contributed by atoms with Gasteiger partial charge in [-0.1, -0.05) is 35.4 Å². The van der Waals surface area contributed by atoms with E-state index < -0.39 is 0 Å². The smallest absolute Gasteiger partial charge is 0.338 e. The molecule has 132 valence electrons. The largest absolute Gasteiger partial charge is 0.459 e. The van der Waals surface area contributed by atoms with Crippen molar-refractivity contribution in [2.24, 2.45) is 0 Å². The van der Waals surface area contributed by atoms with Gasteiger partial charge in [0.15, 0.2) is 0 Å². The van der Waals surface area contributed by atoms with E-state index in [0.717, 1.165) is 11.1 Å². The van der Waals surface area contributed by atoms with Crippen LogP contribution in [0, 0.1) is 13.8 Å². The van der Waals surface area contributed by atoms with E-state index in [9.17, 15) is 9.59 Å². The molecule has 4 nitrogen and oxygen atoms in total. The van der Waals surface area contributed by atoms with Gasteiger partial charge in [0.2, 0.25) is 0 Å². The van der Waals surface area contributed by atoms with Crippen molar-refractivity contribution in [1.82, 2.24) is 0 Å². The SMILES string of the molecule is Cc1ccc(C(=O)OC(C)CC(C)OC(=O)c2ccc(C)cc2)cc1. The van der Waals surface area contributed by atoms with Crippen molar-refractivity contribution in [3.8, 4) is 0 Å². The minimum atomic E-state index is -0.371. The van der Waals surface area contributed by atoms with Crippen molar-refractivity contribution in [1.29, 1.82) is 0 Å². The van der Waals surface area contributed by atoms with Crippen molar-refractivity contribution in [3.63, 3.8) is 0 Å². The summed E-state index contributed by atoms with van der Waals surface area (Å²) in [5.74, 6) is -0.742. The van der Waals surface area contributed by atoms with Crippen LogP contribution < -0.4 is 0 Å². The number of aryl methyl sites for hydroxylation is 2. The number of benzene rings is 2. The van der Waals surface area contributed by atoms with Gasteiger partial charge >= 0.3 is 11.9 Å². The zero-order chi connectivity index (χ0) is 18.4. The van der Waals surface area contributed by atoms with Crippen molar-refractivity contribution in [2.75, 3.05) is 0 Å². The van der Waals surface area contributed by atoms with Crippen molar-refractivity contribution in [3.05, 3.63) is 70.8 Å². The number of esters is 2. The lowest BCUT2D eigenvalue weighted by Crippen LogP contribution is -2.23. The molecule has 0 radical (unpaired) electrons. The highest BCUT2D eigenvalue weighted by molar-refractivity contribution is 5.90. The van der Waals surface area contributed by atoms with Crippen molar-refractivity contribution >= 4 is 11.9 Å². The van der Waals surface area contributed by atoms with Gasteiger partial charge in [-0.15, -0.1) is 0 Å². The highest BCUT2D eigenvalue weighted by atomic mass is 16.6. The summed E-state index contributed by atoms with van der Waals surface area (Å²) in [6.45, 7) is 7.51. The molecule has 2 unspecified atom stereocenters. The van der Waals surface area contributed by atoms with E-state index in [1.807, 2.05) is 38.1 Å². The van der Waals surface area contributed by atoms with Gasteiger partial charge in [-0.3, -0.25) is 0 Å². The minimum Gasteiger partial charge on any atom is -0.459 e. The van der Waals surface area contributed by atoms with Gasteiger partial charge in [0.1, 0.15) is 12.2 Å². The molecule has 0 spiro atoms. The van der Waals surface area contributed by atoms with Gasteiger partial charge in [-0.2, -0.15) is 0 Å². The van der Waals surface area contributed by atoms with E-state index >= 15 is 0 Å². The maximum absolute atomic E-state index is 12.1. The Hall–Kier alpha value is -2.62. The molecule has 2 rings (SSSR count). The molecular weight excluding hydrogens is 316 g/mol. The lowest BCUT2D eigenvalue weighted by Gasteiger charge is -2.18. The molecule has 0 aliphatic heterocycles. The summed E-state index contributed by atoms with van der Waals surface area (Å²) in [4.78, 5) is 24.2. The van der Waals surface area contributed by atoms with Crippen LogP contribution in [0.5, 0.6) is 0 Å². The Morgan fingerprint density at radius 1 is 0.720 bits per heavy atom. The summed E-state index contributed by atoms with van der Waals surface area (Å²) < 4.78 is 10.8. The van der Waals surface area contributed by atoms with E-state index in [1.165, 1.54) is 0 Å². The Morgan fingerprint density at radius 3 is 1.36 bits per heavy atom. The van der Waals surface area contributed by atoms with Crippen LogP contribution in [0.25, 0.3) is 0 Å². The molecule has 2 atom stereocenters. The summed E-state index contributed by atoms with van der Waals surface area (Å²) in [7, 11) is 0. The van der Waals surface area contributed by atoms with Crippen molar-refractivity contribution < 1.29 is 19.1 Å².